The van der Waals surface area contributed by atoms with Gasteiger partial charge in [0.25, 0.3) is 0 Å². The highest BCUT2D eigenvalue weighted by molar-refractivity contribution is 5.93. The van der Waals surface area contributed by atoms with Crippen LogP contribution in [0.5, 0.6) is 0 Å². The molecule has 0 N–H and O–H groups in total. The second-order valence-electron chi connectivity index (χ2n) is 5.32. The third kappa shape index (κ3) is 4.95. The Balaban J connectivity index is 2.03. The van der Waals surface area contributed by atoms with Crippen molar-refractivity contribution in [3.8, 4) is 0 Å². The summed E-state index contributed by atoms with van der Waals surface area (Å²) < 4.78 is 7.85. The van der Waals surface area contributed by atoms with Gasteiger partial charge in [0.2, 0.25) is 0 Å². The summed E-state index contributed by atoms with van der Waals surface area (Å²) in [4.78, 5) is 4.11. The van der Waals surface area contributed by atoms with Gasteiger partial charge in [0.15, 0.2) is 0 Å². The average Bonchev–Trinajstić information content (AvgIpc) is 3.07. The number of allylic oxidation sites excluding steroid dienone is 2. The largest absolute Gasteiger partial charge is 0.486 e. The van der Waals surface area contributed by atoms with E-state index in [-0.39, 0.29) is 6.10 Å². The van der Waals surface area contributed by atoms with Crippen LogP contribution in [0.3, 0.4) is 0 Å². The molecule has 1 aromatic heterocycles. The van der Waals surface area contributed by atoms with E-state index in [0.717, 1.165) is 23.6 Å². The summed E-state index contributed by atoms with van der Waals surface area (Å²) in [5.74, 6) is 0.723. The number of rotatable bonds is 7. The minimum atomic E-state index is -0.0531. The van der Waals surface area contributed by atoms with Crippen LogP contribution in [0, 0.1) is 0 Å². The molecule has 0 fully saturated rings. The summed E-state index contributed by atoms with van der Waals surface area (Å²) in [6.45, 7) is 8.52. The van der Waals surface area contributed by atoms with E-state index in [1.165, 1.54) is 5.56 Å². The first-order chi connectivity index (χ1) is 11.1. The number of benzene rings is 1. The third-order valence-corrected chi connectivity index (χ3v) is 3.57. The lowest BCUT2D eigenvalue weighted by Crippen LogP contribution is -2.02. The van der Waals surface area contributed by atoms with E-state index in [1.54, 1.807) is 19.3 Å². The molecule has 0 bridgehead atoms. The Hall–Kier alpha value is -2.62. The number of aromatic nitrogens is 2. The van der Waals surface area contributed by atoms with Crippen LogP contribution in [-0.2, 0) is 11.3 Å². The van der Waals surface area contributed by atoms with E-state index < -0.39 is 0 Å². The highest BCUT2D eigenvalue weighted by Crippen LogP contribution is 2.21. The van der Waals surface area contributed by atoms with E-state index in [0.29, 0.717) is 0 Å². The monoisotopic (exact) mass is 309 g/mol. The Morgan fingerprint density at radius 2 is 2.13 bits per heavy atom. The van der Waals surface area contributed by atoms with Gasteiger partial charge in [0, 0.05) is 31.2 Å². The Kier molecular flexibility index (Phi) is 5.92. The van der Waals surface area contributed by atoms with Crippen molar-refractivity contribution in [2.75, 3.05) is 7.05 Å². The second kappa shape index (κ2) is 8.13. The van der Waals surface area contributed by atoms with Crippen LogP contribution in [0.25, 0.3) is 0 Å². The van der Waals surface area contributed by atoms with Gasteiger partial charge in [-0.25, -0.2) is 0 Å². The fourth-order valence-corrected chi connectivity index (χ4v) is 2.16. The van der Waals surface area contributed by atoms with Crippen molar-refractivity contribution < 1.29 is 4.74 Å². The first kappa shape index (κ1) is 16.7. The fraction of sp³-hybridized carbons (Fsp3) is 0.263. The fourth-order valence-electron chi connectivity index (χ4n) is 2.16. The van der Waals surface area contributed by atoms with E-state index in [2.05, 4.69) is 40.9 Å². The Labute approximate surface area is 137 Å². The minimum Gasteiger partial charge on any atom is -0.486 e. The molecular formula is C19H23N3O. The second-order valence-corrected chi connectivity index (χ2v) is 5.32. The summed E-state index contributed by atoms with van der Waals surface area (Å²) >= 11 is 0. The summed E-state index contributed by atoms with van der Waals surface area (Å²) in [6, 6.07) is 10.3. The molecule has 0 radical (unpaired) electrons. The number of aliphatic imine (C=N–C) groups is 1. The number of ether oxygens (including phenoxy) is 1. The van der Waals surface area contributed by atoms with Gasteiger partial charge in [-0.1, -0.05) is 30.8 Å². The summed E-state index contributed by atoms with van der Waals surface area (Å²) in [5.41, 5.74) is 3.23. The summed E-state index contributed by atoms with van der Waals surface area (Å²) in [6.07, 6.45) is 7.28. The van der Waals surface area contributed by atoms with Gasteiger partial charge in [-0.3, -0.25) is 9.67 Å². The van der Waals surface area contributed by atoms with E-state index in [1.807, 2.05) is 36.9 Å². The zero-order chi connectivity index (χ0) is 16.7. The minimum absolute atomic E-state index is 0.0531. The Morgan fingerprint density at radius 3 is 2.70 bits per heavy atom. The summed E-state index contributed by atoms with van der Waals surface area (Å²) in [5, 5.41) is 4.22. The van der Waals surface area contributed by atoms with Gasteiger partial charge in [0.1, 0.15) is 11.9 Å². The number of hydrogen-bond donors (Lipinski definition) is 0. The third-order valence-electron chi connectivity index (χ3n) is 3.57. The molecule has 120 valence electrons. The van der Waals surface area contributed by atoms with Crippen molar-refractivity contribution in [3.05, 3.63) is 78.3 Å². The molecule has 1 atom stereocenters. The van der Waals surface area contributed by atoms with Gasteiger partial charge in [-0.2, -0.15) is 5.10 Å². The van der Waals surface area contributed by atoms with Gasteiger partial charge >= 0.3 is 0 Å². The molecule has 1 aromatic carbocycles. The van der Waals surface area contributed by atoms with Crippen molar-refractivity contribution in [1.29, 1.82) is 0 Å². The van der Waals surface area contributed by atoms with Crippen LogP contribution < -0.4 is 0 Å². The van der Waals surface area contributed by atoms with Crippen molar-refractivity contribution >= 4 is 5.71 Å². The molecule has 1 unspecified atom stereocenters. The average molecular weight is 309 g/mol. The predicted molar refractivity (Wildman–Crippen MR) is 94.6 cm³/mol. The molecular weight excluding hydrogens is 286 g/mol. The topological polar surface area (TPSA) is 39.4 Å². The van der Waals surface area contributed by atoms with Crippen LogP contribution in [0.15, 0.2) is 72.2 Å². The van der Waals surface area contributed by atoms with Gasteiger partial charge in [0.05, 0.1) is 6.54 Å². The van der Waals surface area contributed by atoms with Crippen LogP contribution in [-0.4, -0.2) is 22.5 Å². The van der Waals surface area contributed by atoms with Crippen molar-refractivity contribution in [2.45, 2.75) is 26.5 Å². The maximum absolute atomic E-state index is 5.95. The maximum Gasteiger partial charge on any atom is 0.121 e. The molecule has 0 spiro atoms. The Bertz CT molecular complexity index is 682. The molecule has 0 saturated heterocycles. The molecule has 0 saturated carbocycles. The van der Waals surface area contributed by atoms with Gasteiger partial charge in [-0.05, 0) is 37.1 Å². The molecule has 0 amide bonds. The molecule has 0 aliphatic heterocycles. The molecule has 0 aliphatic carbocycles. The molecule has 2 aromatic rings. The zero-order valence-electron chi connectivity index (χ0n) is 13.9. The van der Waals surface area contributed by atoms with E-state index in [9.17, 15) is 0 Å². The number of hydrogen-bond acceptors (Lipinski definition) is 3. The molecule has 2 rings (SSSR count). The lowest BCUT2D eigenvalue weighted by molar-refractivity contribution is 0.143. The van der Waals surface area contributed by atoms with Crippen LogP contribution in [0.4, 0.5) is 0 Å². The molecule has 23 heavy (non-hydrogen) atoms. The maximum atomic E-state index is 5.95. The van der Waals surface area contributed by atoms with Crippen molar-refractivity contribution in [2.24, 2.45) is 4.99 Å². The predicted octanol–water partition coefficient (Wildman–Crippen LogP) is 4.17. The van der Waals surface area contributed by atoms with Crippen molar-refractivity contribution in [3.63, 3.8) is 0 Å². The first-order valence-corrected chi connectivity index (χ1v) is 7.63. The molecule has 4 heteroatoms. The SMILES string of the molecule is C=C/C(=C\C(C)=NC)OC(C)c1ccc(Cn2cccn2)cc1. The molecule has 4 nitrogen and oxygen atoms in total. The Morgan fingerprint density at radius 1 is 1.39 bits per heavy atom. The van der Waals surface area contributed by atoms with Gasteiger partial charge in [-0.15, -0.1) is 0 Å². The zero-order valence-corrected chi connectivity index (χ0v) is 13.9. The van der Waals surface area contributed by atoms with Crippen molar-refractivity contribution in [1.82, 2.24) is 9.78 Å². The highest BCUT2D eigenvalue weighted by atomic mass is 16.5. The van der Waals surface area contributed by atoms with Crippen LogP contribution >= 0.6 is 0 Å². The lowest BCUT2D eigenvalue weighted by atomic mass is 10.1. The van der Waals surface area contributed by atoms with E-state index in [4.69, 9.17) is 4.74 Å². The summed E-state index contributed by atoms with van der Waals surface area (Å²) in [7, 11) is 1.76. The smallest absolute Gasteiger partial charge is 0.121 e. The van der Waals surface area contributed by atoms with Crippen LogP contribution in [0.1, 0.15) is 31.1 Å². The molecule has 1 heterocycles. The standard InChI is InChI=1S/C19H23N3O/c1-5-19(13-15(2)20-4)23-16(3)18-9-7-17(8-10-18)14-22-12-6-11-21-22/h5-13,16H,1,14H2,2-4H3/b19-13+,20-15?. The highest BCUT2D eigenvalue weighted by Gasteiger charge is 2.08. The molecule has 0 aliphatic rings. The van der Waals surface area contributed by atoms with E-state index >= 15 is 0 Å². The van der Waals surface area contributed by atoms with Gasteiger partial charge < -0.3 is 4.74 Å². The number of nitrogens with zero attached hydrogens (tertiary/aromatic N) is 3. The quantitative estimate of drug-likeness (QED) is 0.437. The normalized spacial score (nSPS) is 13.7. The first-order valence-electron chi connectivity index (χ1n) is 7.63. The van der Waals surface area contributed by atoms with Crippen LogP contribution in [0.2, 0.25) is 0 Å². The lowest BCUT2D eigenvalue weighted by Gasteiger charge is -2.16.